The topological polar surface area (TPSA) is 101 Å². The molecule has 1 aliphatic carbocycles. The van der Waals surface area contributed by atoms with Crippen molar-refractivity contribution in [3.8, 4) is 0 Å². The van der Waals surface area contributed by atoms with E-state index in [1.54, 1.807) is 6.92 Å². The number of carbonyl (C=O) groups excluding carboxylic acids is 2. The van der Waals surface area contributed by atoms with Crippen molar-refractivity contribution in [1.82, 2.24) is 15.1 Å². The zero-order valence-electron chi connectivity index (χ0n) is 12.7. The number of hydrogen-bond donors (Lipinski definition) is 2. The summed E-state index contributed by atoms with van der Waals surface area (Å²) in [4.78, 5) is 25.6. The minimum atomic E-state index is -0.434. The van der Waals surface area contributed by atoms with Crippen molar-refractivity contribution in [1.29, 1.82) is 0 Å². The lowest BCUT2D eigenvalue weighted by atomic mass is 10.2. The number of esters is 1. The summed E-state index contributed by atoms with van der Waals surface area (Å²) in [5, 5.41) is 6.89. The molecule has 7 nitrogen and oxygen atoms in total. The molecule has 116 valence electrons. The van der Waals surface area contributed by atoms with Crippen LogP contribution >= 0.6 is 0 Å². The molecule has 7 heteroatoms. The average Bonchev–Trinajstić information content (AvgIpc) is 3.19. The second-order valence-corrected chi connectivity index (χ2v) is 5.51. The van der Waals surface area contributed by atoms with Crippen molar-refractivity contribution in [2.75, 3.05) is 18.9 Å². The third kappa shape index (κ3) is 3.34. The third-order valence-corrected chi connectivity index (χ3v) is 3.51. The molecule has 21 heavy (non-hydrogen) atoms. The van der Waals surface area contributed by atoms with Gasteiger partial charge in [-0.25, -0.2) is 0 Å². The van der Waals surface area contributed by atoms with Gasteiger partial charge < -0.3 is 15.4 Å². The van der Waals surface area contributed by atoms with E-state index in [0.717, 1.165) is 18.5 Å². The molecule has 1 fully saturated rings. The van der Waals surface area contributed by atoms with Gasteiger partial charge in [0, 0.05) is 12.0 Å². The number of hydrogen-bond acceptors (Lipinski definition) is 5. The van der Waals surface area contributed by atoms with E-state index in [1.165, 1.54) is 4.90 Å². The number of anilines is 1. The summed E-state index contributed by atoms with van der Waals surface area (Å²) in [6.45, 7) is 5.58. The molecule has 2 rings (SSSR count). The summed E-state index contributed by atoms with van der Waals surface area (Å²) in [6, 6.07) is -0.151. The number of amides is 1. The van der Waals surface area contributed by atoms with Crippen LogP contribution in [0.4, 0.5) is 5.69 Å². The van der Waals surface area contributed by atoms with Gasteiger partial charge in [-0.15, -0.1) is 0 Å². The molecule has 0 unspecified atom stereocenters. The molecule has 3 N–H and O–H groups in total. The summed E-state index contributed by atoms with van der Waals surface area (Å²) >= 11 is 0. The van der Waals surface area contributed by atoms with Gasteiger partial charge in [-0.2, -0.15) is 5.10 Å². The minimum absolute atomic E-state index is 0.102. The number of H-pyrrole nitrogens is 1. The molecule has 0 saturated heterocycles. The quantitative estimate of drug-likeness (QED) is 0.770. The normalized spacial score (nSPS) is 14.3. The Kier molecular flexibility index (Phi) is 4.50. The Morgan fingerprint density at radius 1 is 1.48 bits per heavy atom. The highest BCUT2D eigenvalue weighted by molar-refractivity contribution is 5.99. The summed E-state index contributed by atoms with van der Waals surface area (Å²) in [5.41, 5.74) is 7.44. The fourth-order valence-corrected chi connectivity index (χ4v) is 2.18. The van der Waals surface area contributed by atoms with Crippen molar-refractivity contribution in [2.24, 2.45) is 0 Å². The minimum Gasteiger partial charge on any atom is -0.465 e. The van der Waals surface area contributed by atoms with Crippen LogP contribution in [0.1, 0.15) is 55.7 Å². The van der Waals surface area contributed by atoms with E-state index in [-0.39, 0.29) is 30.8 Å². The van der Waals surface area contributed by atoms with Gasteiger partial charge >= 0.3 is 5.97 Å². The Labute approximate surface area is 123 Å². The fraction of sp³-hybridized carbons (Fsp3) is 0.643. The van der Waals surface area contributed by atoms with Crippen molar-refractivity contribution in [3.05, 3.63) is 11.4 Å². The van der Waals surface area contributed by atoms with E-state index in [9.17, 15) is 9.59 Å². The number of nitrogens with zero attached hydrogens (tertiary/aromatic N) is 2. The van der Waals surface area contributed by atoms with Gasteiger partial charge in [0.2, 0.25) is 0 Å². The van der Waals surface area contributed by atoms with E-state index >= 15 is 0 Å². The van der Waals surface area contributed by atoms with Crippen LogP contribution in [0, 0.1) is 0 Å². The average molecular weight is 294 g/mol. The van der Waals surface area contributed by atoms with Gasteiger partial charge in [-0.3, -0.25) is 14.7 Å². The molecule has 0 spiro atoms. The van der Waals surface area contributed by atoms with Crippen molar-refractivity contribution >= 4 is 17.6 Å². The second kappa shape index (κ2) is 6.15. The SMILES string of the molecule is CCOC(=O)CN(C(=O)c1n[nH]c(C2CC2)c1N)C(C)C. The molecule has 1 saturated carbocycles. The van der Waals surface area contributed by atoms with Crippen molar-refractivity contribution < 1.29 is 14.3 Å². The van der Waals surface area contributed by atoms with Crippen LogP contribution in [0.15, 0.2) is 0 Å². The number of nitrogens with one attached hydrogen (secondary N) is 1. The summed E-state index contributed by atoms with van der Waals surface area (Å²) < 4.78 is 4.90. The van der Waals surface area contributed by atoms with Crippen LogP contribution in [0.2, 0.25) is 0 Å². The lowest BCUT2D eigenvalue weighted by Gasteiger charge is -2.25. The number of ether oxygens (including phenoxy) is 1. The molecule has 1 aromatic rings. The van der Waals surface area contributed by atoms with Gasteiger partial charge in [0.1, 0.15) is 6.54 Å². The predicted molar refractivity (Wildman–Crippen MR) is 77.8 cm³/mol. The predicted octanol–water partition coefficient (Wildman–Crippen LogP) is 1.28. The van der Waals surface area contributed by atoms with E-state index in [0.29, 0.717) is 11.6 Å². The lowest BCUT2D eigenvalue weighted by Crippen LogP contribution is -2.41. The molecule has 1 aromatic heterocycles. The van der Waals surface area contributed by atoms with Crippen LogP contribution in [-0.2, 0) is 9.53 Å². The summed E-state index contributed by atoms with van der Waals surface area (Å²) in [7, 11) is 0. The first kappa shape index (κ1) is 15.3. The number of nitrogens with two attached hydrogens (primary N) is 1. The van der Waals surface area contributed by atoms with E-state index < -0.39 is 5.97 Å². The maximum absolute atomic E-state index is 12.6. The number of aromatic amines is 1. The summed E-state index contributed by atoms with van der Waals surface area (Å²) in [6.07, 6.45) is 2.13. The standard InChI is InChI=1S/C14H22N4O3/c1-4-21-10(19)7-18(8(2)3)14(20)13-11(15)12(16-17-13)9-5-6-9/h8-9H,4-7,15H2,1-3H3,(H,16,17). The monoisotopic (exact) mass is 294 g/mol. The van der Waals surface area contributed by atoms with Crippen LogP contribution in [0.5, 0.6) is 0 Å². The van der Waals surface area contributed by atoms with Crippen LogP contribution < -0.4 is 5.73 Å². The highest BCUT2D eigenvalue weighted by Crippen LogP contribution is 2.42. The van der Waals surface area contributed by atoms with Crippen molar-refractivity contribution in [2.45, 2.75) is 45.6 Å². The first-order valence-electron chi connectivity index (χ1n) is 7.26. The van der Waals surface area contributed by atoms with Crippen LogP contribution in [0.25, 0.3) is 0 Å². The van der Waals surface area contributed by atoms with E-state index in [1.807, 2.05) is 13.8 Å². The maximum Gasteiger partial charge on any atom is 0.325 e. The smallest absolute Gasteiger partial charge is 0.325 e. The van der Waals surface area contributed by atoms with Gasteiger partial charge in [0.05, 0.1) is 18.0 Å². The lowest BCUT2D eigenvalue weighted by molar-refractivity contribution is -0.144. The molecule has 1 amide bonds. The Bertz CT molecular complexity index is 534. The Morgan fingerprint density at radius 3 is 2.67 bits per heavy atom. The molecule has 0 radical (unpaired) electrons. The fourth-order valence-electron chi connectivity index (χ4n) is 2.18. The molecule has 0 bridgehead atoms. The number of aromatic nitrogens is 2. The number of carbonyl (C=O) groups is 2. The highest BCUT2D eigenvalue weighted by Gasteiger charge is 2.32. The largest absolute Gasteiger partial charge is 0.465 e. The van der Waals surface area contributed by atoms with Crippen LogP contribution in [0.3, 0.4) is 0 Å². The summed E-state index contributed by atoms with van der Waals surface area (Å²) in [5.74, 6) is -0.397. The van der Waals surface area contributed by atoms with Gasteiger partial charge in [-0.1, -0.05) is 0 Å². The van der Waals surface area contributed by atoms with Gasteiger partial charge in [0.15, 0.2) is 5.69 Å². The van der Waals surface area contributed by atoms with Gasteiger partial charge in [-0.05, 0) is 33.6 Å². The molecular weight excluding hydrogens is 272 g/mol. The molecule has 0 aliphatic heterocycles. The van der Waals surface area contributed by atoms with E-state index in [4.69, 9.17) is 10.5 Å². The molecule has 0 aromatic carbocycles. The Morgan fingerprint density at radius 2 is 2.14 bits per heavy atom. The first-order chi connectivity index (χ1) is 9.95. The molecule has 1 heterocycles. The Hall–Kier alpha value is -2.05. The number of nitrogen functional groups attached to an aromatic ring is 1. The zero-order chi connectivity index (χ0) is 15.6. The van der Waals surface area contributed by atoms with Gasteiger partial charge in [0.25, 0.3) is 5.91 Å². The second-order valence-electron chi connectivity index (χ2n) is 5.51. The zero-order valence-corrected chi connectivity index (χ0v) is 12.7. The molecular formula is C14H22N4O3. The third-order valence-electron chi connectivity index (χ3n) is 3.51. The van der Waals surface area contributed by atoms with Crippen molar-refractivity contribution in [3.63, 3.8) is 0 Å². The van der Waals surface area contributed by atoms with Crippen LogP contribution in [-0.4, -0.2) is 46.2 Å². The molecule has 0 atom stereocenters. The maximum atomic E-state index is 12.6. The number of rotatable bonds is 6. The molecule has 1 aliphatic rings. The first-order valence-corrected chi connectivity index (χ1v) is 7.26. The Balaban J connectivity index is 2.16. The van der Waals surface area contributed by atoms with E-state index in [2.05, 4.69) is 10.2 Å². The highest BCUT2D eigenvalue weighted by atomic mass is 16.5.